The highest BCUT2D eigenvalue weighted by atomic mass is 16.5. The summed E-state index contributed by atoms with van der Waals surface area (Å²) in [5.74, 6) is 0.963. The lowest BCUT2D eigenvalue weighted by molar-refractivity contribution is -0.432. The van der Waals surface area contributed by atoms with E-state index in [1.54, 1.807) is 0 Å². The zero-order chi connectivity index (χ0) is 14.9. The zero-order valence-corrected chi connectivity index (χ0v) is 12.6. The van der Waals surface area contributed by atoms with Gasteiger partial charge in [0.25, 0.3) is 0 Å². The molecule has 3 aromatic carbocycles. The minimum Gasteiger partial charge on any atom is -0.433 e. The molecule has 1 aliphatic heterocycles. The fourth-order valence-electron chi connectivity index (χ4n) is 3.15. The van der Waals surface area contributed by atoms with E-state index in [0.29, 0.717) is 0 Å². The van der Waals surface area contributed by atoms with Gasteiger partial charge in [-0.3, -0.25) is 0 Å². The third-order valence-corrected chi connectivity index (χ3v) is 4.27. The first-order valence-corrected chi connectivity index (χ1v) is 7.63. The molecule has 0 aromatic heterocycles. The minimum absolute atomic E-state index is 0.0974. The maximum Gasteiger partial charge on any atom is 0.339 e. The number of ether oxygens (including phenoxy) is 1. The van der Waals surface area contributed by atoms with Crippen LogP contribution >= 0.6 is 0 Å². The molecule has 0 saturated heterocycles. The largest absolute Gasteiger partial charge is 0.433 e. The number of hydrogen-bond donors (Lipinski definition) is 0. The van der Waals surface area contributed by atoms with Crippen molar-refractivity contribution in [2.45, 2.75) is 13.0 Å². The molecule has 0 saturated carbocycles. The first-order chi connectivity index (χ1) is 10.8. The van der Waals surface area contributed by atoms with E-state index >= 15 is 0 Å². The Hall–Kier alpha value is -2.61. The number of hydrogen-bond acceptors (Lipinski definition) is 1. The van der Waals surface area contributed by atoms with Crippen LogP contribution in [0.3, 0.4) is 0 Å². The van der Waals surface area contributed by atoms with Gasteiger partial charge in [-0.2, -0.15) is 4.58 Å². The van der Waals surface area contributed by atoms with Gasteiger partial charge < -0.3 is 4.74 Å². The van der Waals surface area contributed by atoms with Crippen LogP contribution in [0.15, 0.2) is 72.8 Å². The Labute approximate surface area is 130 Å². The van der Waals surface area contributed by atoms with Gasteiger partial charge in [-0.05, 0) is 17.0 Å². The molecule has 108 valence electrons. The van der Waals surface area contributed by atoms with E-state index in [2.05, 4.69) is 71.3 Å². The van der Waals surface area contributed by atoms with Crippen molar-refractivity contribution in [1.82, 2.24) is 0 Å². The summed E-state index contributed by atoms with van der Waals surface area (Å²) in [4.78, 5) is 0. The highest BCUT2D eigenvalue weighted by molar-refractivity contribution is 5.91. The molecular weight excluding hydrogens is 270 g/mol. The minimum atomic E-state index is 0.0974. The SMILES string of the molecule is CC1=[N+](c2cccc3ccccc23)CC(c2ccccc2)O1. The fraction of sp³-hybridized carbons (Fsp3) is 0.150. The van der Waals surface area contributed by atoms with Gasteiger partial charge in [0, 0.05) is 6.07 Å². The van der Waals surface area contributed by atoms with Crippen LogP contribution in [0.25, 0.3) is 10.8 Å². The highest BCUT2D eigenvalue weighted by Crippen LogP contribution is 2.31. The van der Waals surface area contributed by atoms with Crippen LogP contribution in [0.5, 0.6) is 0 Å². The van der Waals surface area contributed by atoms with E-state index in [0.717, 1.165) is 12.4 Å². The Kier molecular flexibility index (Phi) is 3.15. The monoisotopic (exact) mass is 288 g/mol. The van der Waals surface area contributed by atoms with Gasteiger partial charge in [0.15, 0.2) is 12.6 Å². The maximum absolute atomic E-state index is 6.11. The quantitative estimate of drug-likeness (QED) is 0.624. The third kappa shape index (κ3) is 2.17. The van der Waals surface area contributed by atoms with Crippen LogP contribution in [0, 0.1) is 0 Å². The van der Waals surface area contributed by atoms with Crippen molar-refractivity contribution in [3.8, 4) is 0 Å². The average Bonchev–Trinajstić information content (AvgIpc) is 2.97. The second-order valence-corrected chi connectivity index (χ2v) is 5.65. The van der Waals surface area contributed by atoms with Gasteiger partial charge in [-0.25, -0.2) is 0 Å². The van der Waals surface area contributed by atoms with Crippen molar-refractivity contribution in [2.75, 3.05) is 6.54 Å². The molecule has 0 bridgehead atoms. The van der Waals surface area contributed by atoms with Crippen molar-refractivity contribution in [2.24, 2.45) is 0 Å². The Morgan fingerprint density at radius 1 is 0.864 bits per heavy atom. The van der Waals surface area contributed by atoms with E-state index in [1.165, 1.54) is 22.0 Å². The molecule has 0 N–H and O–H groups in total. The summed E-state index contributed by atoms with van der Waals surface area (Å²) < 4.78 is 8.38. The van der Waals surface area contributed by atoms with E-state index in [9.17, 15) is 0 Å². The van der Waals surface area contributed by atoms with Crippen molar-refractivity contribution >= 4 is 22.4 Å². The van der Waals surface area contributed by atoms with Crippen molar-refractivity contribution in [3.05, 3.63) is 78.4 Å². The summed E-state index contributed by atoms with van der Waals surface area (Å²) in [6.07, 6.45) is 0.0974. The summed E-state index contributed by atoms with van der Waals surface area (Å²) in [5, 5.41) is 2.53. The Bertz CT molecular complexity index is 846. The number of fused-ring (bicyclic) bond motifs is 1. The molecule has 1 aliphatic rings. The first kappa shape index (κ1) is 13.1. The molecule has 2 heteroatoms. The molecule has 22 heavy (non-hydrogen) atoms. The average molecular weight is 288 g/mol. The van der Waals surface area contributed by atoms with Crippen LogP contribution in [-0.4, -0.2) is 17.0 Å². The Morgan fingerprint density at radius 3 is 2.45 bits per heavy atom. The standard InChI is InChI=1S/C20H18NO/c1-15-21(14-20(22-15)17-9-3-2-4-10-17)19-13-7-11-16-8-5-6-12-18(16)19/h2-13,20H,14H2,1H3/q+1. The predicted octanol–water partition coefficient (Wildman–Crippen LogP) is 4.67. The number of benzene rings is 3. The molecular formula is C20H18NO+. The second kappa shape index (κ2) is 5.30. The molecule has 1 heterocycles. The van der Waals surface area contributed by atoms with Crippen LogP contribution in [0.1, 0.15) is 18.6 Å². The molecule has 0 aliphatic carbocycles. The third-order valence-electron chi connectivity index (χ3n) is 4.27. The molecule has 0 radical (unpaired) electrons. The highest BCUT2D eigenvalue weighted by Gasteiger charge is 2.33. The maximum atomic E-state index is 6.11. The van der Waals surface area contributed by atoms with Crippen molar-refractivity contribution in [1.29, 1.82) is 0 Å². The lowest BCUT2D eigenvalue weighted by atomic mass is 10.1. The normalized spacial score (nSPS) is 17.8. The lowest BCUT2D eigenvalue weighted by Gasteiger charge is -2.06. The smallest absolute Gasteiger partial charge is 0.339 e. The molecule has 1 unspecified atom stereocenters. The van der Waals surface area contributed by atoms with E-state index in [4.69, 9.17) is 4.74 Å². The molecule has 0 spiro atoms. The van der Waals surface area contributed by atoms with Crippen LogP contribution < -0.4 is 0 Å². The summed E-state index contributed by atoms with van der Waals surface area (Å²) in [6.45, 7) is 2.90. The summed E-state index contributed by atoms with van der Waals surface area (Å²) in [5.41, 5.74) is 2.44. The number of rotatable bonds is 2. The van der Waals surface area contributed by atoms with Gasteiger partial charge in [0.2, 0.25) is 5.69 Å². The molecule has 4 rings (SSSR count). The van der Waals surface area contributed by atoms with Crippen molar-refractivity contribution in [3.63, 3.8) is 0 Å². The summed E-state index contributed by atoms with van der Waals surface area (Å²) >= 11 is 0. The van der Waals surface area contributed by atoms with Gasteiger partial charge in [0.1, 0.15) is 0 Å². The van der Waals surface area contributed by atoms with E-state index in [1.807, 2.05) is 13.0 Å². The van der Waals surface area contributed by atoms with Gasteiger partial charge in [-0.15, -0.1) is 0 Å². The topological polar surface area (TPSA) is 12.2 Å². The summed E-state index contributed by atoms with van der Waals surface area (Å²) in [6, 6.07) is 25.4. The van der Waals surface area contributed by atoms with Gasteiger partial charge >= 0.3 is 5.90 Å². The molecule has 0 fully saturated rings. The van der Waals surface area contributed by atoms with Gasteiger partial charge in [-0.1, -0.05) is 60.7 Å². The predicted molar refractivity (Wildman–Crippen MR) is 89.7 cm³/mol. The molecule has 3 aromatic rings. The van der Waals surface area contributed by atoms with E-state index in [-0.39, 0.29) is 6.10 Å². The number of nitrogens with zero attached hydrogens (tertiary/aromatic N) is 1. The van der Waals surface area contributed by atoms with Crippen LogP contribution in [0.2, 0.25) is 0 Å². The summed E-state index contributed by atoms with van der Waals surface area (Å²) in [7, 11) is 0. The molecule has 2 nitrogen and oxygen atoms in total. The Balaban J connectivity index is 1.75. The van der Waals surface area contributed by atoms with Gasteiger partial charge in [0.05, 0.1) is 12.3 Å². The van der Waals surface area contributed by atoms with Crippen LogP contribution in [0.4, 0.5) is 5.69 Å². The zero-order valence-electron chi connectivity index (χ0n) is 12.6. The first-order valence-electron chi connectivity index (χ1n) is 7.63. The van der Waals surface area contributed by atoms with Crippen LogP contribution in [-0.2, 0) is 4.74 Å². The second-order valence-electron chi connectivity index (χ2n) is 5.65. The lowest BCUT2D eigenvalue weighted by Crippen LogP contribution is -2.09. The molecule has 1 atom stereocenters. The van der Waals surface area contributed by atoms with E-state index < -0.39 is 0 Å². The van der Waals surface area contributed by atoms with Crippen molar-refractivity contribution < 1.29 is 9.31 Å². The Morgan fingerprint density at radius 2 is 1.59 bits per heavy atom. The molecule has 0 amide bonds. The fourth-order valence-corrected chi connectivity index (χ4v) is 3.15.